The molecule has 3 rings (SSSR count). The SMILES string of the molecule is C[C@@H]1CCC[C@@H]2C1=NN(C(=O)[C@@H](C)Oc1ccc(Cl)cc1Cl)[C@]2(O)C(F)(F)F. The Kier molecular flexibility index (Phi) is 5.59. The molecule has 1 amide bonds. The molecule has 1 aliphatic heterocycles. The van der Waals surface area contributed by atoms with E-state index in [2.05, 4.69) is 5.10 Å². The second kappa shape index (κ2) is 7.39. The second-order valence-electron chi connectivity index (χ2n) is 7.12. The van der Waals surface area contributed by atoms with E-state index in [0.29, 0.717) is 17.9 Å². The number of carbonyl (C=O) groups excluding carboxylic acids is 1. The molecule has 0 saturated heterocycles. The van der Waals surface area contributed by atoms with Gasteiger partial charge in [-0.2, -0.15) is 23.3 Å². The van der Waals surface area contributed by atoms with Crippen LogP contribution in [-0.4, -0.2) is 39.7 Å². The fourth-order valence-electron chi connectivity index (χ4n) is 3.70. The number of fused-ring (bicyclic) bond motifs is 1. The van der Waals surface area contributed by atoms with Crippen LogP contribution in [0.25, 0.3) is 0 Å². The molecule has 0 unspecified atom stereocenters. The molecule has 5 nitrogen and oxygen atoms in total. The molecule has 0 spiro atoms. The van der Waals surface area contributed by atoms with Crippen molar-refractivity contribution in [3.8, 4) is 5.75 Å². The Labute approximate surface area is 170 Å². The fourth-order valence-corrected chi connectivity index (χ4v) is 4.15. The minimum atomic E-state index is -5.08. The molecule has 1 N–H and O–H groups in total. The number of halogens is 5. The van der Waals surface area contributed by atoms with Crippen LogP contribution in [0.3, 0.4) is 0 Å². The number of ether oxygens (including phenoxy) is 1. The molecule has 0 aromatic heterocycles. The van der Waals surface area contributed by atoms with Crippen molar-refractivity contribution in [1.82, 2.24) is 5.01 Å². The van der Waals surface area contributed by atoms with Crippen LogP contribution in [0.1, 0.15) is 33.1 Å². The topological polar surface area (TPSA) is 62.1 Å². The largest absolute Gasteiger partial charge is 0.479 e. The highest BCUT2D eigenvalue weighted by molar-refractivity contribution is 6.35. The number of carbonyl (C=O) groups is 1. The maximum atomic E-state index is 13.9. The summed E-state index contributed by atoms with van der Waals surface area (Å²) < 4.78 is 47.0. The third-order valence-corrected chi connectivity index (χ3v) is 5.72. The predicted octanol–water partition coefficient (Wildman–Crippen LogP) is 4.65. The Morgan fingerprint density at radius 2 is 2.07 bits per heavy atom. The highest BCUT2D eigenvalue weighted by Crippen LogP contribution is 2.49. The Morgan fingerprint density at radius 1 is 1.39 bits per heavy atom. The first kappa shape index (κ1) is 21.2. The molecule has 1 aromatic carbocycles. The van der Waals surface area contributed by atoms with Crippen LogP contribution in [-0.2, 0) is 4.79 Å². The summed E-state index contributed by atoms with van der Waals surface area (Å²) in [4.78, 5) is 12.8. The smallest absolute Gasteiger partial charge is 0.439 e. The average molecular weight is 439 g/mol. The second-order valence-corrected chi connectivity index (χ2v) is 7.96. The highest BCUT2D eigenvalue weighted by atomic mass is 35.5. The van der Waals surface area contributed by atoms with Crippen molar-refractivity contribution >= 4 is 34.8 Å². The monoisotopic (exact) mass is 438 g/mol. The number of alkyl halides is 3. The van der Waals surface area contributed by atoms with Gasteiger partial charge >= 0.3 is 6.18 Å². The number of aliphatic hydroxyl groups is 1. The molecule has 4 atom stereocenters. The van der Waals surface area contributed by atoms with Crippen LogP contribution in [0.5, 0.6) is 5.75 Å². The molecule has 0 radical (unpaired) electrons. The number of benzene rings is 1. The molecule has 1 aromatic rings. The van der Waals surface area contributed by atoms with Crippen molar-refractivity contribution in [1.29, 1.82) is 0 Å². The maximum Gasteiger partial charge on any atom is 0.439 e. The summed E-state index contributed by atoms with van der Waals surface area (Å²) in [6, 6.07) is 4.26. The first-order valence-electron chi connectivity index (χ1n) is 8.80. The van der Waals surface area contributed by atoms with Crippen molar-refractivity contribution in [2.24, 2.45) is 16.9 Å². The molecule has 1 fully saturated rings. The zero-order valence-electron chi connectivity index (χ0n) is 15.1. The summed E-state index contributed by atoms with van der Waals surface area (Å²) in [5.41, 5.74) is -3.20. The van der Waals surface area contributed by atoms with Gasteiger partial charge in [-0.05, 0) is 43.9 Å². The summed E-state index contributed by atoms with van der Waals surface area (Å²) in [5.74, 6) is -2.57. The van der Waals surface area contributed by atoms with Crippen LogP contribution in [0.2, 0.25) is 10.0 Å². The molecule has 28 heavy (non-hydrogen) atoms. The van der Waals surface area contributed by atoms with Crippen LogP contribution < -0.4 is 4.74 Å². The number of nitrogens with zero attached hydrogens (tertiary/aromatic N) is 2. The third kappa shape index (κ3) is 3.46. The number of hydrazone groups is 1. The van der Waals surface area contributed by atoms with Crippen LogP contribution in [0, 0.1) is 11.8 Å². The first-order valence-corrected chi connectivity index (χ1v) is 9.55. The molecule has 1 saturated carbocycles. The summed E-state index contributed by atoms with van der Waals surface area (Å²) in [7, 11) is 0. The molecule has 1 heterocycles. The lowest BCUT2D eigenvalue weighted by molar-refractivity contribution is -0.318. The van der Waals surface area contributed by atoms with Gasteiger partial charge in [0.05, 0.1) is 10.9 Å². The minimum Gasteiger partial charge on any atom is -0.479 e. The Balaban J connectivity index is 1.91. The third-order valence-electron chi connectivity index (χ3n) is 5.19. The number of rotatable bonds is 3. The van der Waals surface area contributed by atoms with E-state index in [1.807, 2.05) is 0 Å². The maximum absolute atomic E-state index is 13.9. The molecular weight excluding hydrogens is 420 g/mol. The summed E-state index contributed by atoms with van der Waals surface area (Å²) >= 11 is 11.8. The van der Waals surface area contributed by atoms with Crippen molar-refractivity contribution in [2.45, 2.75) is 51.1 Å². The summed E-state index contributed by atoms with van der Waals surface area (Å²) in [5, 5.41) is 15.1. The van der Waals surface area contributed by atoms with Crippen LogP contribution in [0.4, 0.5) is 13.2 Å². The van der Waals surface area contributed by atoms with Crippen molar-refractivity contribution in [3.05, 3.63) is 28.2 Å². The number of hydrogen-bond acceptors (Lipinski definition) is 4. The van der Waals surface area contributed by atoms with E-state index in [4.69, 9.17) is 27.9 Å². The van der Waals surface area contributed by atoms with E-state index in [-0.39, 0.29) is 33.8 Å². The zero-order valence-corrected chi connectivity index (χ0v) is 16.6. The van der Waals surface area contributed by atoms with Gasteiger partial charge in [0.15, 0.2) is 6.10 Å². The quantitative estimate of drug-likeness (QED) is 0.746. The van der Waals surface area contributed by atoms with Crippen molar-refractivity contribution < 1.29 is 27.8 Å². The van der Waals surface area contributed by atoms with Crippen molar-refractivity contribution in [2.75, 3.05) is 0 Å². The van der Waals surface area contributed by atoms with Gasteiger partial charge < -0.3 is 9.84 Å². The van der Waals surface area contributed by atoms with Crippen molar-refractivity contribution in [3.63, 3.8) is 0 Å². The normalized spacial score (nSPS) is 28.6. The van der Waals surface area contributed by atoms with Gasteiger partial charge in [-0.3, -0.25) is 4.79 Å². The first-order chi connectivity index (χ1) is 13.0. The molecular formula is C18H19Cl2F3N2O3. The Bertz CT molecular complexity index is 818. The molecule has 2 aliphatic rings. The molecule has 1 aliphatic carbocycles. The van der Waals surface area contributed by atoms with Gasteiger partial charge in [0.2, 0.25) is 0 Å². The van der Waals surface area contributed by atoms with Crippen LogP contribution >= 0.6 is 23.2 Å². The number of hydrogen-bond donors (Lipinski definition) is 1. The van der Waals surface area contributed by atoms with Gasteiger partial charge in [-0.25, -0.2) is 0 Å². The summed E-state index contributed by atoms with van der Waals surface area (Å²) in [6.07, 6.45) is -5.18. The zero-order chi connectivity index (χ0) is 20.9. The van der Waals surface area contributed by atoms with E-state index in [1.54, 1.807) is 6.92 Å². The fraction of sp³-hybridized carbons (Fsp3) is 0.556. The van der Waals surface area contributed by atoms with Gasteiger partial charge in [0.25, 0.3) is 11.6 Å². The lowest BCUT2D eigenvalue weighted by Crippen LogP contribution is -2.63. The average Bonchev–Trinajstić information content (AvgIpc) is 2.92. The van der Waals surface area contributed by atoms with Gasteiger partial charge in [-0.15, -0.1) is 0 Å². The van der Waals surface area contributed by atoms with E-state index in [9.17, 15) is 23.1 Å². The van der Waals surface area contributed by atoms with E-state index in [1.165, 1.54) is 25.1 Å². The van der Waals surface area contributed by atoms with E-state index < -0.39 is 29.8 Å². The van der Waals surface area contributed by atoms with Gasteiger partial charge in [0, 0.05) is 10.7 Å². The number of amides is 1. The van der Waals surface area contributed by atoms with Gasteiger partial charge in [0.1, 0.15) is 5.75 Å². The van der Waals surface area contributed by atoms with Crippen LogP contribution in [0.15, 0.2) is 23.3 Å². The lowest BCUT2D eigenvalue weighted by Gasteiger charge is -2.39. The highest BCUT2D eigenvalue weighted by Gasteiger charge is 2.69. The standard InChI is InChI=1S/C18H19Cl2F3N2O3/c1-9-4-3-5-12-15(9)24-25(17(12,27)18(21,22)23)16(26)10(2)28-14-7-6-11(19)8-13(14)20/h6-10,12,27H,3-5H2,1-2H3/t9-,10-,12-,17-/m1/s1. The van der Waals surface area contributed by atoms with E-state index >= 15 is 0 Å². The van der Waals surface area contributed by atoms with Gasteiger partial charge in [-0.1, -0.05) is 36.5 Å². The predicted molar refractivity (Wildman–Crippen MR) is 98.3 cm³/mol. The Morgan fingerprint density at radius 3 is 2.68 bits per heavy atom. The molecule has 0 bridgehead atoms. The van der Waals surface area contributed by atoms with E-state index in [0.717, 1.165) is 0 Å². The Hall–Kier alpha value is -1.51. The summed E-state index contributed by atoms with van der Waals surface area (Å²) in [6.45, 7) is 3.01. The lowest BCUT2D eigenvalue weighted by atomic mass is 9.75. The molecule has 10 heteroatoms. The molecule has 154 valence electrons. The minimum absolute atomic E-state index is 0.0834.